The van der Waals surface area contributed by atoms with Gasteiger partial charge in [0.2, 0.25) is 5.91 Å². The topological polar surface area (TPSA) is 60.0 Å². The van der Waals surface area contributed by atoms with Crippen LogP contribution in [0.4, 0.5) is 0 Å². The molecule has 0 radical (unpaired) electrons. The van der Waals surface area contributed by atoms with Crippen LogP contribution in [0, 0.1) is 0 Å². The Labute approximate surface area is 124 Å². The van der Waals surface area contributed by atoms with Crippen LogP contribution >= 0.6 is 0 Å². The zero-order valence-corrected chi connectivity index (χ0v) is 12.1. The second kappa shape index (κ2) is 6.32. The second-order valence-electron chi connectivity index (χ2n) is 5.22. The van der Waals surface area contributed by atoms with Crippen LogP contribution in [0.1, 0.15) is 11.6 Å². The maximum Gasteiger partial charge on any atom is 0.234 e. The molecule has 0 aromatic heterocycles. The molecular weight excluding hydrogens is 272 g/mol. The van der Waals surface area contributed by atoms with E-state index in [0.29, 0.717) is 26.4 Å². The molecule has 0 saturated carbocycles. The van der Waals surface area contributed by atoms with Crippen molar-refractivity contribution >= 4 is 5.91 Å². The van der Waals surface area contributed by atoms with Crippen molar-refractivity contribution in [1.29, 1.82) is 0 Å². The molecule has 1 aromatic carbocycles. The van der Waals surface area contributed by atoms with E-state index >= 15 is 0 Å². The van der Waals surface area contributed by atoms with Gasteiger partial charge in [-0.1, -0.05) is 0 Å². The molecule has 0 unspecified atom stereocenters. The molecule has 6 heteroatoms. The molecule has 2 aliphatic rings. The van der Waals surface area contributed by atoms with Gasteiger partial charge in [0.15, 0.2) is 0 Å². The third-order valence-corrected chi connectivity index (χ3v) is 3.80. The summed E-state index contributed by atoms with van der Waals surface area (Å²) in [5.74, 6) is 1.60. The van der Waals surface area contributed by atoms with Gasteiger partial charge in [-0.15, -0.1) is 0 Å². The van der Waals surface area contributed by atoms with Gasteiger partial charge in [0, 0.05) is 18.7 Å². The van der Waals surface area contributed by atoms with E-state index in [9.17, 15) is 4.79 Å². The zero-order valence-electron chi connectivity index (χ0n) is 12.1. The smallest absolute Gasteiger partial charge is 0.234 e. The summed E-state index contributed by atoms with van der Waals surface area (Å²) in [6, 6.07) is 5.55. The summed E-state index contributed by atoms with van der Waals surface area (Å²) in [6.07, 6.45) is 0. The van der Waals surface area contributed by atoms with Gasteiger partial charge in [0.1, 0.15) is 18.1 Å². The average molecular weight is 292 g/mol. The lowest BCUT2D eigenvalue weighted by Gasteiger charge is -2.26. The minimum atomic E-state index is -0.108. The van der Waals surface area contributed by atoms with Crippen molar-refractivity contribution in [2.24, 2.45) is 0 Å². The number of methoxy groups -OCH3 is 1. The van der Waals surface area contributed by atoms with Gasteiger partial charge in [-0.05, 0) is 18.2 Å². The fraction of sp³-hybridized carbons (Fsp3) is 0.533. The van der Waals surface area contributed by atoms with Crippen LogP contribution in [0.2, 0.25) is 0 Å². The first-order valence-corrected chi connectivity index (χ1v) is 7.16. The molecule has 1 N–H and O–H groups in total. The van der Waals surface area contributed by atoms with Gasteiger partial charge >= 0.3 is 0 Å². The van der Waals surface area contributed by atoms with E-state index in [2.05, 4.69) is 10.2 Å². The van der Waals surface area contributed by atoms with Crippen molar-refractivity contribution in [3.63, 3.8) is 0 Å². The molecule has 0 bridgehead atoms. The van der Waals surface area contributed by atoms with Crippen LogP contribution in [0.25, 0.3) is 0 Å². The van der Waals surface area contributed by atoms with Crippen molar-refractivity contribution in [2.45, 2.75) is 6.04 Å². The van der Waals surface area contributed by atoms with Crippen molar-refractivity contribution in [1.82, 2.24) is 10.2 Å². The number of hydrogen-bond donors (Lipinski definition) is 1. The fourth-order valence-corrected chi connectivity index (χ4v) is 2.64. The third-order valence-electron chi connectivity index (χ3n) is 3.80. The predicted octanol–water partition coefficient (Wildman–Crippen LogP) is 0.577. The lowest BCUT2D eigenvalue weighted by atomic mass is 10.1. The van der Waals surface area contributed by atoms with Crippen molar-refractivity contribution in [3.8, 4) is 11.5 Å². The molecule has 6 nitrogen and oxygen atoms in total. The number of rotatable bonds is 4. The van der Waals surface area contributed by atoms with E-state index < -0.39 is 0 Å². The summed E-state index contributed by atoms with van der Waals surface area (Å²) in [6.45, 7) is 3.87. The van der Waals surface area contributed by atoms with Crippen molar-refractivity contribution in [3.05, 3.63) is 23.8 Å². The number of carbonyl (C=O) groups excluding carboxylic acids is 1. The average Bonchev–Trinajstić information content (AvgIpc) is 2.90. The maximum absolute atomic E-state index is 12.2. The largest absolute Gasteiger partial charge is 0.497 e. The van der Waals surface area contributed by atoms with Gasteiger partial charge in [-0.3, -0.25) is 9.69 Å². The van der Waals surface area contributed by atoms with Gasteiger partial charge in [-0.2, -0.15) is 0 Å². The first kappa shape index (κ1) is 14.2. The number of hydrogen-bond acceptors (Lipinski definition) is 5. The van der Waals surface area contributed by atoms with Gasteiger partial charge in [-0.25, -0.2) is 0 Å². The molecule has 1 aromatic rings. The number of benzene rings is 1. The van der Waals surface area contributed by atoms with E-state index in [1.165, 1.54) is 0 Å². The van der Waals surface area contributed by atoms with Crippen LogP contribution in [0.15, 0.2) is 18.2 Å². The lowest BCUT2D eigenvalue weighted by Crippen LogP contribution is -2.44. The van der Waals surface area contributed by atoms with Crippen molar-refractivity contribution in [2.75, 3.05) is 46.6 Å². The zero-order chi connectivity index (χ0) is 14.7. The third kappa shape index (κ3) is 3.28. The summed E-state index contributed by atoms with van der Waals surface area (Å²) >= 11 is 0. The lowest BCUT2D eigenvalue weighted by molar-refractivity contribution is -0.124. The van der Waals surface area contributed by atoms with Crippen LogP contribution in [-0.2, 0) is 9.53 Å². The Hall–Kier alpha value is -1.79. The number of morpholine rings is 1. The summed E-state index contributed by atoms with van der Waals surface area (Å²) in [5.41, 5.74) is 0.977. The van der Waals surface area contributed by atoms with E-state index in [1.807, 2.05) is 18.2 Å². The number of nitrogens with zero attached hydrogens (tertiary/aromatic N) is 1. The normalized spacial score (nSPS) is 21.5. The maximum atomic E-state index is 12.2. The van der Waals surface area contributed by atoms with Gasteiger partial charge < -0.3 is 19.5 Å². The molecule has 1 saturated heterocycles. The second-order valence-corrected chi connectivity index (χ2v) is 5.22. The van der Waals surface area contributed by atoms with E-state index in [0.717, 1.165) is 30.2 Å². The summed E-state index contributed by atoms with van der Waals surface area (Å²) in [7, 11) is 1.63. The van der Waals surface area contributed by atoms with Gasteiger partial charge in [0.25, 0.3) is 0 Å². The molecule has 1 fully saturated rings. The highest BCUT2D eigenvalue weighted by Gasteiger charge is 2.26. The highest BCUT2D eigenvalue weighted by molar-refractivity contribution is 5.78. The van der Waals surface area contributed by atoms with E-state index in [4.69, 9.17) is 14.2 Å². The highest BCUT2D eigenvalue weighted by Crippen LogP contribution is 2.34. The Bertz CT molecular complexity index is 514. The molecule has 3 rings (SSSR count). The van der Waals surface area contributed by atoms with E-state index in [1.54, 1.807) is 7.11 Å². The minimum absolute atomic E-state index is 0.0150. The van der Waals surface area contributed by atoms with Crippen molar-refractivity contribution < 1.29 is 19.0 Å². The fourth-order valence-electron chi connectivity index (χ4n) is 2.64. The van der Waals surface area contributed by atoms with E-state index in [-0.39, 0.29) is 11.9 Å². The number of amides is 1. The van der Waals surface area contributed by atoms with Gasteiger partial charge in [0.05, 0.1) is 32.9 Å². The standard InChI is InChI=1S/C15H20N2O4/c1-19-11-2-3-14-12(8-11)13(10-21-14)16-15(18)9-17-4-6-20-7-5-17/h2-3,8,13H,4-7,9-10H2,1H3,(H,16,18)/t13-/m0/s1. The SMILES string of the molecule is COc1ccc2c(c1)[C@@H](NC(=O)CN1CCOCC1)CO2. The number of carbonyl (C=O) groups is 1. The summed E-state index contributed by atoms with van der Waals surface area (Å²) in [4.78, 5) is 14.2. The number of fused-ring (bicyclic) bond motifs is 1. The Kier molecular flexibility index (Phi) is 4.26. The molecule has 2 aliphatic heterocycles. The molecule has 2 heterocycles. The first-order chi connectivity index (χ1) is 10.3. The molecule has 114 valence electrons. The summed E-state index contributed by atoms with van der Waals surface area (Å²) < 4.78 is 16.1. The van der Waals surface area contributed by atoms with Crippen LogP contribution in [-0.4, -0.2) is 57.4 Å². The Morgan fingerprint density at radius 2 is 2.24 bits per heavy atom. The number of nitrogens with one attached hydrogen (secondary N) is 1. The Morgan fingerprint density at radius 3 is 3.00 bits per heavy atom. The monoisotopic (exact) mass is 292 g/mol. The molecular formula is C15H20N2O4. The quantitative estimate of drug-likeness (QED) is 0.879. The first-order valence-electron chi connectivity index (χ1n) is 7.16. The Morgan fingerprint density at radius 1 is 1.43 bits per heavy atom. The molecule has 1 atom stereocenters. The molecule has 21 heavy (non-hydrogen) atoms. The van der Waals surface area contributed by atoms with Crippen LogP contribution in [0.3, 0.4) is 0 Å². The van der Waals surface area contributed by atoms with Crippen LogP contribution in [0.5, 0.6) is 11.5 Å². The molecule has 1 amide bonds. The minimum Gasteiger partial charge on any atom is -0.497 e. The molecule has 0 spiro atoms. The van der Waals surface area contributed by atoms with Crippen LogP contribution < -0.4 is 14.8 Å². The molecule has 0 aliphatic carbocycles. The summed E-state index contributed by atoms with van der Waals surface area (Å²) in [5, 5.41) is 3.03. The predicted molar refractivity (Wildman–Crippen MR) is 76.6 cm³/mol. The highest BCUT2D eigenvalue weighted by atomic mass is 16.5. The Balaban J connectivity index is 1.60. The number of ether oxygens (including phenoxy) is 3.